The van der Waals surface area contributed by atoms with Crippen molar-refractivity contribution in [3.05, 3.63) is 11.8 Å². The molecule has 1 N–H and O–H groups in total. The van der Waals surface area contributed by atoms with Gasteiger partial charge in [0, 0.05) is 12.5 Å². The Kier molecular flexibility index (Phi) is 10.00. The summed E-state index contributed by atoms with van der Waals surface area (Å²) >= 11 is 0. The molecule has 0 spiro atoms. The van der Waals surface area contributed by atoms with E-state index in [4.69, 9.17) is 4.52 Å². The molecule has 0 fully saturated rings. The smallest absolute Gasteiger partial charge is 0.234 e. The zero-order chi connectivity index (χ0) is 16.9. The lowest BCUT2D eigenvalue weighted by Gasteiger charge is -2.03. The molecule has 23 heavy (non-hydrogen) atoms. The lowest BCUT2D eigenvalue weighted by atomic mass is 10.0. The van der Waals surface area contributed by atoms with Gasteiger partial charge in [0.15, 0.2) is 0 Å². The van der Waals surface area contributed by atoms with Crippen molar-refractivity contribution in [1.29, 1.82) is 0 Å². The van der Waals surface area contributed by atoms with Crippen molar-refractivity contribution in [2.24, 2.45) is 0 Å². The van der Waals surface area contributed by atoms with Crippen LogP contribution in [0.3, 0.4) is 0 Å². The number of hydrogen-bond donors (Lipinski definition) is 1. The minimum absolute atomic E-state index is 0.0123. The summed E-state index contributed by atoms with van der Waals surface area (Å²) in [5.41, 5.74) is 0.696. The van der Waals surface area contributed by atoms with Crippen molar-refractivity contribution in [3.63, 3.8) is 0 Å². The van der Waals surface area contributed by atoms with Gasteiger partial charge in [-0.05, 0) is 13.3 Å². The SMILES string of the molecule is CCCCCCCCCCCC(=O)CC(=O)Nc1cc(C)no1. The molecule has 5 heteroatoms. The zero-order valence-corrected chi connectivity index (χ0v) is 14.5. The van der Waals surface area contributed by atoms with Gasteiger partial charge in [0.25, 0.3) is 0 Å². The van der Waals surface area contributed by atoms with E-state index in [0.717, 1.165) is 12.8 Å². The number of amides is 1. The third kappa shape index (κ3) is 9.87. The number of rotatable bonds is 13. The molecule has 1 aromatic heterocycles. The van der Waals surface area contributed by atoms with Crippen molar-refractivity contribution >= 4 is 17.6 Å². The Morgan fingerprint density at radius 2 is 1.65 bits per heavy atom. The molecule has 0 saturated carbocycles. The highest BCUT2D eigenvalue weighted by molar-refractivity contribution is 6.03. The summed E-state index contributed by atoms with van der Waals surface area (Å²) in [6, 6.07) is 1.63. The molecular weight excluding hydrogens is 292 g/mol. The first-order valence-corrected chi connectivity index (χ1v) is 8.86. The quantitative estimate of drug-likeness (QED) is 0.418. The van der Waals surface area contributed by atoms with E-state index < -0.39 is 0 Å². The molecule has 0 aromatic carbocycles. The van der Waals surface area contributed by atoms with Crippen molar-refractivity contribution in [2.45, 2.75) is 84.5 Å². The van der Waals surface area contributed by atoms with E-state index in [-0.39, 0.29) is 18.1 Å². The first-order chi connectivity index (χ1) is 11.1. The molecule has 0 bridgehead atoms. The molecule has 0 aliphatic carbocycles. The van der Waals surface area contributed by atoms with Crippen LogP contribution in [0.4, 0.5) is 5.88 Å². The van der Waals surface area contributed by atoms with Gasteiger partial charge in [0.2, 0.25) is 11.8 Å². The van der Waals surface area contributed by atoms with Crippen LogP contribution in [0.15, 0.2) is 10.6 Å². The number of nitrogens with zero attached hydrogens (tertiary/aromatic N) is 1. The molecule has 0 atom stereocenters. The Bertz CT molecular complexity index is 469. The third-order valence-corrected chi connectivity index (χ3v) is 3.81. The van der Waals surface area contributed by atoms with E-state index >= 15 is 0 Å². The first kappa shape index (κ1) is 19.4. The molecule has 1 rings (SSSR count). The van der Waals surface area contributed by atoms with Crippen LogP contribution in [0.1, 0.15) is 83.2 Å². The largest absolute Gasteiger partial charge is 0.338 e. The number of carbonyl (C=O) groups excluding carboxylic acids is 2. The fourth-order valence-electron chi connectivity index (χ4n) is 2.50. The van der Waals surface area contributed by atoms with Gasteiger partial charge in [-0.3, -0.25) is 14.9 Å². The van der Waals surface area contributed by atoms with E-state index in [1.165, 1.54) is 44.9 Å². The van der Waals surface area contributed by atoms with Gasteiger partial charge < -0.3 is 4.52 Å². The highest BCUT2D eigenvalue weighted by atomic mass is 16.5. The van der Waals surface area contributed by atoms with Crippen molar-refractivity contribution in [1.82, 2.24) is 5.16 Å². The topological polar surface area (TPSA) is 72.2 Å². The monoisotopic (exact) mass is 322 g/mol. The summed E-state index contributed by atoms with van der Waals surface area (Å²) in [5, 5.41) is 6.22. The molecule has 0 unspecified atom stereocenters. The highest BCUT2D eigenvalue weighted by Crippen LogP contribution is 2.12. The Balaban J connectivity index is 1.98. The third-order valence-electron chi connectivity index (χ3n) is 3.81. The van der Waals surface area contributed by atoms with Crippen molar-refractivity contribution in [2.75, 3.05) is 5.32 Å². The molecular formula is C18H30N2O3. The van der Waals surface area contributed by atoms with Gasteiger partial charge >= 0.3 is 0 Å². The predicted molar refractivity (Wildman–Crippen MR) is 91.3 cm³/mol. The van der Waals surface area contributed by atoms with Gasteiger partial charge in [-0.1, -0.05) is 63.4 Å². The normalized spacial score (nSPS) is 10.7. The van der Waals surface area contributed by atoms with E-state index in [0.29, 0.717) is 18.0 Å². The van der Waals surface area contributed by atoms with Crippen LogP contribution in [0, 0.1) is 6.92 Å². The predicted octanol–water partition coefficient (Wildman–Crippen LogP) is 4.80. The van der Waals surface area contributed by atoms with Crippen LogP contribution in [-0.4, -0.2) is 16.8 Å². The average molecular weight is 322 g/mol. The number of Topliss-reactive ketones (excluding diaryl/α,β-unsaturated/α-hetero) is 1. The standard InChI is InChI=1S/C18H30N2O3/c1-3-4-5-6-7-8-9-10-11-12-16(21)14-17(22)19-18-13-15(2)20-23-18/h13H,3-12,14H2,1-2H3,(H,19,22). The Morgan fingerprint density at radius 1 is 1.04 bits per heavy atom. The second kappa shape index (κ2) is 11.9. The number of hydrogen-bond acceptors (Lipinski definition) is 4. The van der Waals surface area contributed by atoms with Crippen LogP contribution >= 0.6 is 0 Å². The summed E-state index contributed by atoms with van der Waals surface area (Å²) in [6.45, 7) is 4.00. The minimum Gasteiger partial charge on any atom is -0.338 e. The number of anilines is 1. The fourth-order valence-corrected chi connectivity index (χ4v) is 2.50. The van der Waals surface area contributed by atoms with Crippen LogP contribution in [0.25, 0.3) is 0 Å². The number of ketones is 1. The van der Waals surface area contributed by atoms with E-state index in [1.807, 2.05) is 0 Å². The maximum Gasteiger partial charge on any atom is 0.234 e. The molecule has 1 heterocycles. The summed E-state index contributed by atoms with van der Waals surface area (Å²) in [6.07, 6.45) is 11.4. The van der Waals surface area contributed by atoms with Crippen molar-refractivity contribution < 1.29 is 14.1 Å². The average Bonchev–Trinajstić information content (AvgIpc) is 2.90. The second-order valence-corrected chi connectivity index (χ2v) is 6.17. The van der Waals surface area contributed by atoms with Gasteiger partial charge in [-0.2, -0.15) is 0 Å². The lowest BCUT2D eigenvalue weighted by Crippen LogP contribution is -2.16. The van der Waals surface area contributed by atoms with Gasteiger partial charge in [0.05, 0.1) is 12.1 Å². The van der Waals surface area contributed by atoms with Crippen LogP contribution in [0.5, 0.6) is 0 Å². The first-order valence-electron chi connectivity index (χ1n) is 8.86. The maximum atomic E-state index is 11.7. The fraction of sp³-hybridized carbons (Fsp3) is 0.722. The Hall–Kier alpha value is -1.65. The molecule has 5 nitrogen and oxygen atoms in total. The van der Waals surface area contributed by atoms with Crippen molar-refractivity contribution in [3.8, 4) is 0 Å². The lowest BCUT2D eigenvalue weighted by molar-refractivity contribution is -0.125. The summed E-state index contributed by atoms with van der Waals surface area (Å²) in [7, 11) is 0. The molecule has 1 amide bonds. The second-order valence-electron chi connectivity index (χ2n) is 6.17. The van der Waals surface area contributed by atoms with E-state index in [2.05, 4.69) is 17.4 Å². The molecule has 1 aromatic rings. The number of unbranched alkanes of at least 4 members (excludes halogenated alkanes) is 8. The number of carbonyl (C=O) groups is 2. The summed E-state index contributed by atoms with van der Waals surface area (Å²) in [4.78, 5) is 23.4. The zero-order valence-electron chi connectivity index (χ0n) is 14.5. The molecule has 0 aliphatic rings. The molecule has 0 saturated heterocycles. The van der Waals surface area contributed by atoms with Gasteiger partial charge in [0.1, 0.15) is 5.78 Å². The molecule has 130 valence electrons. The van der Waals surface area contributed by atoms with Crippen LogP contribution in [0.2, 0.25) is 0 Å². The summed E-state index contributed by atoms with van der Waals surface area (Å²) in [5.74, 6) is -0.0490. The van der Waals surface area contributed by atoms with Gasteiger partial charge in [-0.25, -0.2) is 0 Å². The summed E-state index contributed by atoms with van der Waals surface area (Å²) < 4.78 is 4.88. The van der Waals surface area contributed by atoms with Crippen LogP contribution < -0.4 is 5.32 Å². The molecule has 0 radical (unpaired) electrons. The Morgan fingerprint density at radius 3 is 2.22 bits per heavy atom. The number of aryl methyl sites for hydroxylation is 1. The Labute approximate surface area is 139 Å². The number of nitrogens with one attached hydrogen (secondary N) is 1. The molecule has 0 aliphatic heterocycles. The van der Waals surface area contributed by atoms with Crippen LogP contribution in [-0.2, 0) is 9.59 Å². The van der Waals surface area contributed by atoms with E-state index in [9.17, 15) is 9.59 Å². The highest BCUT2D eigenvalue weighted by Gasteiger charge is 2.11. The maximum absolute atomic E-state index is 11.7. The minimum atomic E-state index is -0.331. The number of aromatic nitrogens is 1. The van der Waals surface area contributed by atoms with E-state index in [1.54, 1.807) is 13.0 Å². The van der Waals surface area contributed by atoms with Gasteiger partial charge in [-0.15, -0.1) is 0 Å².